The zero-order valence-corrected chi connectivity index (χ0v) is 16.5. The molecule has 1 atom stereocenters. The van der Waals surface area contributed by atoms with Crippen LogP contribution in [0.15, 0.2) is 36.4 Å². The fourth-order valence-corrected chi connectivity index (χ4v) is 3.77. The highest BCUT2D eigenvalue weighted by Crippen LogP contribution is 2.33. The Morgan fingerprint density at radius 1 is 1.07 bits per heavy atom. The van der Waals surface area contributed by atoms with Gasteiger partial charge in [-0.25, -0.2) is 17.2 Å². The quantitative estimate of drug-likeness (QED) is 0.753. The van der Waals surface area contributed by atoms with E-state index in [0.717, 1.165) is 22.7 Å². The summed E-state index contributed by atoms with van der Waals surface area (Å²) in [4.78, 5) is 12.6. The van der Waals surface area contributed by atoms with Gasteiger partial charge in [0.05, 0.1) is 31.9 Å². The highest BCUT2D eigenvalue weighted by atomic mass is 32.2. The van der Waals surface area contributed by atoms with Gasteiger partial charge in [-0.2, -0.15) is 0 Å². The predicted molar refractivity (Wildman–Crippen MR) is 101 cm³/mol. The molecule has 0 fully saturated rings. The van der Waals surface area contributed by atoms with Crippen LogP contribution in [0.25, 0.3) is 0 Å². The van der Waals surface area contributed by atoms with Crippen LogP contribution in [0.4, 0.5) is 20.2 Å². The van der Waals surface area contributed by atoms with Crippen molar-refractivity contribution in [3.63, 3.8) is 0 Å². The van der Waals surface area contributed by atoms with Crippen LogP contribution in [-0.4, -0.2) is 40.8 Å². The molecule has 0 saturated carbocycles. The van der Waals surface area contributed by atoms with E-state index < -0.39 is 33.6 Å². The summed E-state index contributed by atoms with van der Waals surface area (Å²) >= 11 is 0. The highest BCUT2D eigenvalue weighted by molar-refractivity contribution is 7.92. The van der Waals surface area contributed by atoms with E-state index in [4.69, 9.17) is 9.47 Å². The second-order valence-electron chi connectivity index (χ2n) is 5.89. The standard InChI is InChI=1S/C18H20F2N2O5S/c1-11(18(23)21-15-7-5-12(19)9-14(15)20)22(28(4,24)25)13-6-8-16(26-2)17(10-13)27-3/h5-11H,1-4H3,(H,21,23)/t11-/m0/s1. The number of sulfonamides is 1. The lowest BCUT2D eigenvalue weighted by atomic mass is 10.2. The molecule has 28 heavy (non-hydrogen) atoms. The molecule has 0 heterocycles. The highest BCUT2D eigenvalue weighted by Gasteiger charge is 2.30. The Hall–Kier alpha value is -2.88. The van der Waals surface area contributed by atoms with E-state index in [0.29, 0.717) is 11.8 Å². The van der Waals surface area contributed by atoms with E-state index in [2.05, 4.69) is 5.32 Å². The maximum absolute atomic E-state index is 13.8. The number of nitrogens with zero attached hydrogens (tertiary/aromatic N) is 1. The van der Waals surface area contributed by atoms with Gasteiger partial charge in [0.15, 0.2) is 11.5 Å². The molecule has 0 spiro atoms. The molecule has 0 radical (unpaired) electrons. The van der Waals surface area contributed by atoms with Crippen LogP contribution in [0.1, 0.15) is 6.92 Å². The minimum atomic E-state index is -3.89. The minimum Gasteiger partial charge on any atom is -0.493 e. The number of rotatable bonds is 7. The zero-order chi connectivity index (χ0) is 21.1. The van der Waals surface area contributed by atoms with Crippen molar-refractivity contribution in [3.05, 3.63) is 48.0 Å². The number of carbonyl (C=O) groups is 1. The summed E-state index contributed by atoms with van der Waals surface area (Å²) in [6.07, 6.45) is 0.936. The number of nitrogens with one attached hydrogen (secondary N) is 1. The van der Waals surface area contributed by atoms with Gasteiger partial charge in [0.1, 0.15) is 17.7 Å². The molecule has 1 amide bonds. The molecular weight excluding hydrogens is 394 g/mol. The van der Waals surface area contributed by atoms with Crippen molar-refractivity contribution >= 4 is 27.3 Å². The van der Waals surface area contributed by atoms with Crippen LogP contribution in [0, 0.1) is 11.6 Å². The van der Waals surface area contributed by atoms with E-state index >= 15 is 0 Å². The Bertz CT molecular complexity index is 982. The lowest BCUT2D eigenvalue weighted by Crippen LogP contribution is -2.45. The third-order valence-corrected chi connectivity index (χ3v) is 5.14. The van der Waals surface area contributed by atoms with Crippen molar-refractivity contribution in [2.24, 2.45) is 0 Å². The fraction of sp³-hybridized carbons (Fsp3) is 0.278. The Balaban J connectivity index is 2.39. The number of amides is 1. The fourth-order valence-electron chi connectivity index (χ4n) is 2.60. The van der Waals surface area contributed by atoms with Crippen molar-refractivity contribution in [3.8, 4) is 11.5 Å². The average molecular weight is 414 g/mol. The molecule has 0 bridgehead atoms. The first-order valence-electron chi connectivity index (χ1n) is 8.05. The molecule has 0 aliphatic rings. The van der Waals surface area contributed by atoms with Crippen LogP contribution in [0.2, 0.25) is 0 Å². The van der Waals surface area contributed by atoms with Gasteiger partial charge in [0, 0.05) is 12.1 Å². The van der Waals surface area contributed by atoms with Crippen molar-refractivity contribution in [2.45, 2.75) is 13.0 Å². The van der Waals surface area contributed by atoms with Gasteiger partial charge in [-0.05, 0) is 31.2 Å². The van der Waals surface area contributed by atoms with Crippen molar-refractivity contribution in [1.29, 1.82) is 0 Å². The Morgan fingerprint density at radius 3 is 2.25 bits per heavy atom. The Kier molecular flexibility index (Phi) is 6.45. The number of anilines is 2. The normalized spacial score (nSPS) is 12.2. The molecule has 2 aromatic carbocycles. The first-order chi connectivity index (χ1) is 13.1. The van der Waals surface area contributed by atoms with E-state index in [9.17, 15) is 22.0 Å². The molecule has 2 rings (SSSR count). The molecule has 0 aliphatic carbocycles. The van der Waals surface area contributed by atoms with E-state index in [1.807, 2.05) is 0 Å². The molecule has 7 nitrogen and oxygen atoms in total. The molecule has 152 valence electrons. The predicted octanol–water partition coefficient (Wildman–Crippen LogP) is 2.78. The molecule has 0 saturated heterocycles. The van der Waals surface area contributed by atoms with Crippen molar-refractivity contribution in [1.82, 2.24) is 0 Å². The smallest absolute Gasteiger partial charge is 0.248 e. The zero-order valence-electron chi connectivity index (χ0n) is 15.7. The van der Waals surface area contributed by atoms with E-state index in [1.54, 1.807) is 0 Å². The second kappa shape index (κ2) is 8.42. The summed E-state index contributed by atoms with van der Waals surface area (Å²) in [5.74, 6) is -1.93. The van der Waals surface area contributed by atoms with Crippen LogP contribution in [-0.2, 0) is 14.8 Å². The number of hydrogen-bond donors (Lipinski definition) is 1. The largest absolute Gasteiger partial charge is 0.493 e. The van der Waals surface area contributed by atoms with Gasteiger partial charge < -0.3 is 14.8 Å². The molecule has 0 aromatic heterocycles. The Labute approximate surface area is 161 Å². The number of carbonyl (C=O) groups excluding carboxylic acids is 1. The lowest BCUT2D eigenvalue weighted by Gasteiger charge is -2.28. The second-order valence-corrected chi connectivity index (χ2v) is 7.75. The summed E-state index contributed by atoms with van der Waals surface area (Å²) < 4.78 is 62.7. The van der Waals surface area contributed by atoms with Gasteiger partial charge in [0.2, 0.25) is 15.9 Å². The Morgan fingerprint density at radius 2 is 1.71 bits per heavy atom. The molecule has 1 N–H and O–H groups in total. The summed E-state index contributed by atoms with van der Waals surface area (Å²) in [6, 6.07) is 5.76. The topological polar surface area (TPSA) is 84.9 Å². The van der Waals surface area contributed by atoms with E-state index in [1.165, 1.54) is 39.3 Å². The van der Waals surface area contributed by atoms with Crippen molar-refractivity contribution in [2.75, 3.05) is 30.1 Å². The van der Waals surface area contributed by atoms with E-state index in [-0.39, 0.29) is 17.1 Å². The maximum atomic E-state index is 13.8. The molecule has 0 aliphatic heterocycles. The molecule has 10 heteroatoms. The maximum Gasteiger partial charge on any atom is 0.248 e. The van der Waals surface area contributed by atoms with Gasteiger partial charge in [-0.1, -0.05) is 0 Å². The SMILES string of the molecule is COc1ccc(N([C@@H](C)C(=O)Nc2ccc(F)cc2F)S(C)(=O)=O)cc1OC. The molecular formula is C18H20F2N2O5S. The summed E-state index contributed by atoms with van der Waals surface area (Å²) in [7, 11) is -1.08. The summed E-state index contributed by atoms with van der Waals surface area (Å²) in [6.45, 7) is 1.34. The van der Waals surface area contributed by atoms with Gasteiger partial charge in [-0.15, -0.1) is 0 Å². The third kappa shape index (κ3) is 4.69. The van der Waals surface area contributed by atoms with Crippen molar-refractivity contribution < 1.29 is 31.5 Å². The van der Waals surface area contributed by atoms with Crippen LogP contribution >= 0.6 is 0 Å². The van der Waals surface area contributed by atoms with Gasteiger partial charge in [0.25, 0.3) is 0 Å². The third-order valence-electron chi connectivity index (χ3n) is 3.90. The minimum absolute atomic E-state index is 0.155. The first kappa shape index (κ1) is 21.4. The molecule has 0 unspecified atom stereocenters. The molecule has 2 aromatic rings. The summed E-state index contributed by atoms with van der Waals surface area (Å²) in [5.41, 5.74) is -0.110. The first-order valence-corrected chi connectivity index (χ1v) is 9.90. The monoisotopic (exact) mass is 414 g/mol. The number of ether oxygens (including phenoxy) is 2. The number of methoxy groups -OCH3 is 2. The number of hydrogen-bond acceptors (Lipinski definition) is 5. The number of halogens is 2. The van der Waals surface area contributed by atoms with Crippen LogP contribution in [0.3, 0.4) is 0 Å². The van der Waals surface area contributed by atoms with Crippen LogP contribution in [0.5, 0.6) is 11.5 Å². The van der Waals surface area contributed by atoms with Gasteiger partial charge in [-0.3, -0.25) is 9.10 Å². The van der Waals surface area contributed by atoms with Gasteiger partial charge >= 0.3 is 0 Å². The average Bonchev–Trinajstić information content (AvgIpc) is 2.62. The lowest BCUT2D eigenvalue weighted by molar-refractivity contribution is -0.116. The van der Waals surface area contributed by atoms with Crippen LogP contribution < -0.4 is 19.1 Å². The number of benzene rings is 2. The summed E-state index contributed by atoms with van der Waals surface area (Å²) in [5, 5.41) is 2.27.